The summed E-state index contributed by atoms with van der Waals surface area (Å²) in [7, 11) is -2.87. The van der Waals surface area contributed by atoms with Crippen LogP contribution in [0.15, 0.2) is 0 Å². The van der Waals surface area contributed by atoms with Crippen LogP contribution >= 0.6 is 8.25 Å². The summed E-state index contributed by atoms with van der Waals surface area (Å²) in [6.07, 6.45) is 46.8. The molecule has 0 aromatic rings. The highest BCUT2D eigenvalue weighted by molar-refractivity contribution is 7.30. The lowest BCUT2D eigenvalue weighted by Gasteiger charge is -2.03. The monoisotopic (exact) mass is 590 g/mol. The van der Waals surface area contributed by atoms with Crippen molar-refractivity contribution in [2.24, 2.45) is 0 Å². The third-order valence-corrected chi connectivity index (χ3v) is 7.91. The van der Waals surface area contributed by atoms with Crippen molar-refractivity contribution < 1.29 is 14.4 Å². The average Bonchev–Trinajstić information content (AvgIpc) is 2.93. The molecule has 2 N–H and O–H groups in total. The van der Waals surface area contributed by atoms with Crippen molar-refractivity contribution in [2.75, 3.05) is 0 Å². The molecule has 0 bridgehead atoms. The van der Waals surface area contributed by atoms with E-state index >= 15 is 0 Å². The summed E-state index contributed by atoms with van der Waals surface area (Å²) in [5, 5.41) is 0. The highest BCUT2D eigenvalue weighted by atomic mass is 31.1. The lowest BCUT2D eigenvalue weighted by atomic mass is 10.0. The van der Waals surface area contributed by atoms with E-state index in [2.05, 4.69) is 27.7 Å². The van der Waals surface area contributed by atoms with Crippen LogP contribution in [0.5, 0.6) is 0 Å². The van der Waals surface area contributed by atoms with E-state index in [0.717, 1.165) is 0 Å². The van der Waals surface area contributed by atoms with Gasteiger partial charge in [-0.3, -0.25) is 0 Å². The summed E-state index contributed by atoms with van der Waals surface area (Å²) in [5.74, 6) is 0. The summed E-state index contributed by atoms with van der Waals surface area (Å²) in [4.78, 5) is 14.2. The summed E-state index contributed by atoms with van der Waals surface area (Å²) in [5.41, 5.74) is 0. The van der Waals surface area contributed by atoms with Gasteiger partial charge in [-0.2, -0.15) is 0 Å². The van der Waals surface area contributed by atoms with Gasteiger partial charge in [-0.15, -0.1) is 9.79 Å². The Morgan fingerprint density at radius 1 is 0.275 bits per heavy atom. The topological polar surface area (TPSA) is 57.5 Å². The van der Waals surface area contributed by atoms with E-state index in [0.29, 0.717) is 0 Å². The quantitative estimate of drug-likeness (QED) is 0.0647. The molecule has 0 aromatic heterocycles. The molecule has 0 atom stereocenters. The van der Waals surface area contributed by atoms with Gasteiger partial charge in [-0.1, -0.05) is 233 Å². The van der Waals surface area contributed by atoms with E-state index in [1.54, 1.807) is 0 Å². The van der Waals surface area contributed by atoms with Crippen LogP contribution < -0.4 is 0 Å². The number of unbranched alkanes of at least 4 members (excludes halogenated alkanes) is 30. The first-order valence-electron chi connectivity index (χ1n) is 18.4. The molecule has 244 valence electrons. The van der Waals surface area contributed by atoms with Crippen LogP contribution in [-0.2, 0) is 4.57 Å². The van der Waals surface area contributed by atoms with Crippen LogP contribution in [-0.4, -0.2) is 9.79 Å². The van der Waals surface area contributed by atoms with Gasteiger partial charge in [0.15, 0.2) is 0 Å². The molecule has 4 heteroatoms. The van der Waals surface area contributed by atoms with Crippen molar-refractivity contribution in [2.45, 2.75) is 233 Å². The molecule has 0 aliphatic carbocycles. The molecule has 0 fully saturated rings. The van der Waals surface area contributed by atoms with Gasteiger partial charge in [0.05, 0.1) is 0 Å². The Kier molecular flexibility index (Phi) is 51.1. The van der Waals surface area contributed by atoms with Gasteiger partial charge in [0.2, 0.25) is 0 Å². The highest BCUT2D eigenvalue weighted by Gasteiger charge is 1.95. The number of rotatable bonds is 30. The Morgan fingerprint density at radius 2 is 0.350 bits per heavy atom. The van der Waals surface area contributed by atoms with Gasteiger partial charge in [0.1, 0.15) is 0 Å². The third kappa shape index (κ3) is 57.8. The first-order valence-corrected chi connectivity index (χ1v) is 19.6. The second-order valence-corrected chi connectivity index (χ2v) is 12.7. The van der Waals surface area contributed by atoms with Gasteiger partial charge in [0, 0.05) is 4.57 Å². The summed E-state index contributed by atoms with van der Waals surface area (Å²) < 4.78 is 8.70. The molecule has 0 heterocycles. The lowest BCUT2D eigenvalue weighted by Crippen LogP contribution is -1.83. The Hall–Kier alpha value is 0.0200. The molecule has 3 nitrogen and oxygen atoms in total. The third-order valence-electron chi connectivity index (χ3n) is 7.91. The van der Waals surface area contributed by atoms with Crippen LogP contribution in [0, 0.1) is 0 Å². The summed E-state index contributed by atoms with van der Waals surface area (Å²) in [6.45, 7) is 9.18. The van der Waals surface area contributed by atoms with Crippen molar-refractivity contribution >= 4 is 8.25 Å². The fourth-order valence-electron chi connectivity index (χ4n) is 5.24. The van der Waals surface area contributed by atoms with Crippen LogP contribution in [0.2, 0.25) is 0 Å². The van der Waals surface area contributed by atoms with Crippen LogP contribution in [0.4, 0.5) is 0 Å². The van der Waals surface area contributed by atoms with E-state index in [9.17, 15) is 0 Å². The smallest absolute Gasteiger partial charge is 0.134 e. The Bertz CT molecular complexity index is 349. The van der Waals surface area contributed by atoms with Crippen LogP contribution in [0.1, 0.15) is 233 Å². The highest BCUT2D eigenvalue weighted by Crippen LogP contribution is 2.15. The van der Waals surface area contributed by atoms with E-state index in [4.69, 9.17) is 14.4 Å². The molecule has 0 rings (SSSR count). The Morgan fingerprint density at radius 3 is 0.425 bits per heavy atom. The molecular weight excluding hydrogens is 511 g/mol. The maximum atomic E-state index is 8.70. The molecule has 0 unspecified atom stereocenters. The Balaban J connectivity index is -0.000000603. The van der Waals surface area contributed by atoms with Gasteiger partial charge < -0.3 is 0 Å². The number of hydrogen-bond donors (Lipinski definition) is 2. The molecule has 40 heavy (non-hydrogen) atoms. The average molecular weight is 590 g/mol. The second kappa shape index (κ2) is 46.0. The second-order valence-electron chi connectivity index (χ2n) is 12.2. The largest absolute Gasteiger partial charge is 0.692 e. The first kappa shape index (κ1) is 44.5. The van der Waals surface area contributed by atoms with E-state index in [1.165, 1.54) is 205 Å². The SMILES string of the molecule is CCCCCCCCCCCCCCCCCC.CCCCCCCCCCCCCCCCCC.O=[P+](O)O. The van der Waals surface area contributed by atoms with Crippen LogP contribution in [0.25, 0.3) is 0 Å². The van der Waals surface area contributed by atoms with E-state index in [-0.39, 0.29) is 0 Å². The number of hydrogen-bond acceptors (Lipinski definition) is 1. The molecule has 0 amide bonds. The molecule has 0 saturated heterocycles. The van der Waals surface area contributed by atoms with Gasteiger partial charge in [-0.05, 0) is 0 Å². The summed E-state index contributed by atoms with van der Waals surface area (Å²) in [6, 6.07) is 0. The molecule has 0 aliphatic heterocycles. The van der Waals surface area contributed by atoms with Crippen LogP contribution in [0.3, 0.4) is 0 Å². The van der Waals surface area contributed by atoms with Gasteiger partial charge in [0.25, 0.3) is 0 Å². The van der Waals surface area contributed by atoms with Crippen molar-refractivity contribution in [1.29, 1.82) is 0 Å². The normalized spacial score (nSPS) is 10.6. The molecule has 0 aromatic carbocycles. The van der Waals surface area contributed by atoms with E-state index in [1.807, 2.05) is 0 Å². The van der Waals surface area contributed by atoms with E-state index < -0.39 is 8.25 Å². The molecule has 0 saturated carbocycles. The fraction of sp³-hybridized carbons (Fsp3) is 1.00. The lowest BCUT2D eigenvalue weighted by molar-refractivity contribution is 0.405. The Labute approximate surface area is 255 Å². The maximum absolute atomic E-state index is 8.70. The minimum Gasteiger partial charge on any atom is -0.134 e. The van der Waals surface area contributed by atoms with Gasteiger partial charge in [-0.25, -0.2) is 0 Å². The zero-order chi connectivity index (χ0) is 30.2. The van der Waals surface area contributed by atoms with Crippen molar-refractivity contribution in [1.82, 2.24) is 0 Å². The van der Waals surface area contributed by atoms with Crippen molar-refractivity contribution in [3.05, 3.63) is 0 Å². The molecular formula is C36H78O3P+. The zero-order valence-corrected chi connectivity index (χ0v) is 29.3. The minimum absolute atomic E-state index is 1.37. The predicted molar refractivity (Wildman–Crippen MR) is 182 cm³/mol. The molecule has 0 spiro atoms. The summed E-state index contributed by atoms with van der Waals surface area (Å²) >= 11 is 0. The first-order chi connectivity index (χ1) is 19.6. The molecule has 0 radical (unpaired) electrons. The fourth-order valence-corrected chi connectivity index (χ4v) is 5.24. The van der Waals surface area contributed by atoms with Crippen molar-refractivity contribution in [3.8, 4) is 0 Å². The minimum atomic E-state index is -2.87. The van der Waals surface area contributed by atoms with Crippen molar-refractivity contribution in [3.63, 3.8) is 0 Å². The maximum Gasteiger partial charge on any atom is 0.692 e. The van der Waals surface area contributed by atoms with Gasteiger partial charge >= 0.3 is 8.25 Å². The standard InChI is InChI=1S/2C18H38.HO3P/c2*1-3-5-7-9-11-13-15-17-18-16-14-12-10-8-6-4-2;1-4(2)3/h2*3-18H2,1-2H3;(H-,1,2,3)/p+1. The molecule has 0 aliphatic rings. The zero-order valence-electron chi connectivity index (χ0n) is 28.4. The predicted octanol–water partition coefficient (Wildman–Crippen LogP) is 14.2.